The highest BCUT2D eigenvalue weighted by Crippen LogP contribution is 2.19. The summed E-state index contributed by atoms with van der Waals surface area (Å²) in [6.07, 6.45) is 3.92. The molecule has 0 spiro atoms. The highest BCUT2D eigenvalue weighted by atomic mass is 32.2. The second-order valence-corrected chi connectivity index (χ2v) is 7.60. The van der Waals surface area contributed by atoms with Crippen molar-refractivity contribution in [2.75, 3.05) is 24.2 Å². The molecule has 1 aliphatic heterocycles. The van der Waals surface area contributed by atoms with Crippen molar-refractivity contribution in [2.24, 2.45) is 0 Å². The molecule has 1 saturated heterocycles. The van der Waals surface area contributed by atoms with Crippen LogP contribution in [-0.4, -0.2) is 43.4 Å². The monoisotopic (exact) mass is 311 g/mol. The van der Waals surface area contributed by atoms with Gasteiger partial charge in [0.2, 0.25) is 0 Å². The molecule has 6 nitrogen and oxygen atoms in total. The molecule has 1 amide bonds. The van der Waals surface area contributed by atoms with E-state index in [-0.39, 0.29) is 18.2 Å². The van der Waals surface area contributed by atoms with Crippen LogP contribution in [0.15, 0.2) is 18.3 Å². The minimum Gasteiger partial charge on any atom is -0.384 e. The predicted molar refractivity (Wildman–Crippen MR) is 82.2 cm³/mol. The molecule has 0 saturated carbocycles. The highest BCUT2D eigenvalue weighted by Gasteiger charge is 2.31. The van der Waals surface area contributed by atoms with Crippen molar-refractivity contribution in [3.8, 4) is 0 Å². The van der Waals surface area contributed by atoms with Gasteiger partial charge in [0, 0.05) is 13.1 Å². The number of carbonyl (C=O) groups is 1. The number of carbonyl (C=O) groups excluding carboxylic acids is 1. The third kappa shape index (κ3) is 4.17. The number of hydrogen-bond acceptors (Lipinski definition) is 5. The largest absolute Gasteiger partial charge is 0.384 e. The summed E-state index contributed by atoms with van der Waals surface area (Å²) in [4.78, 5) is 16.0. The fourth-order valence-corrected chi connectivity index (χ4v) is 4.05. The van der Waals surface area contributed by atoms with Gasteiger partial charge in [0.25, 0.3) is 5.91 Å². The van der Waals surface area contributed by atoms with E-state index in [0.29, 0.717) is 18.5 Å². The zero-order valence-corrected chi connectivity index (χ0v) is 12.9. The van der Waals surface area contributed by atoms with Gasteiger partial charge in [-0.1, -0.05) is 6.92 Å². The Kier molecular flexibility index (Phi) is 5.17. The van der Waals surface area contributed by atoms with Crippen LogP contribution < -0.4 is 10.6 Å². The Balaban J connectivity index is 1.88. The number of pyridine rings is 1. The number of aromatic nitrogens is 1. The van der Waals surface area contributed by atoms with Gasteiger partial charge in [-0.05, 0) is 31.4 Å². The molecule has 2 N–H and O–H groups in total. The van der Waals surface area contributed by atoms with Gasteiger partial charge in [-0.3, -0.25) is 4.79 Å². The molecule has 1 aromatic heterocycles. The lowest BCUT2D eigenvalue weighted by molar-refractivity contribution is 0.0948. The van der Waals surface area contributed by atoms with Gasteiger partial charge in [0.1, 0.15) is 5.69 Å². The molecular formula is C14H21N3O3S. The summed E-state index contributed by atoms with van der Waals surface area (Å²) in [6, 6.07) is 3.43. The minimum absolute atomic E-state index is 0.165. The Morgan fingerprint density at radius 2 is 2.24 bits per heavy atom. The van der Waals surface area contributed by atoms with Crippen LogP contribution in [0.1, 0.15) is 36.7 Å². The molecule has 1 atom stereocenters. The minimum atomic E-state index is -3.03. The van der Waals surface area contributed by atoms with E-state index < -0.39 is 15.1 Å². The van der Waals surface area contributed by atoms with E-state index in [2.05, 4.69) is 22.5 Å². The predicted octanol–water partition coefficient (Wildman–Crippen LogP) is 1.21. The van der Waals surface area contributed by atoms with E-state index in [1.54, 1.807) is 18.3 Å². The molecular weight excluding hydrogens is 290 g/mol. The number of amides is 1. The molecule has 2 rings (SSSR count). The average molecular weight is 311 g/mol. The summed E-state index contributed by atoms with van der Waals surface area (Å²) in [6.45, 7) is 3.09. The molecule has 7 heteroatoms. The maximum Gasteiger partial charge on any atom is 0.269 e. The van der Waals surface area contributed by atoms with Crippen LogP contribution >= 0.6 is 0 Å². The number of hydrogen-bond donors (Lipinski definition) is 2. The summed E-state index contributed by atoms with van der Waals surface area (Å²) < 4.78 is 23.4. The first kappa shape index (κ1) is 15.8. The fourth-order valence-electron chi connectivity index (χ4n) is 2.29. The van der Waals surface area contributed by atoms with Crippen LogP contribution in [0, 0.1) is 0 Å². The first-order valence-electron chi connectivity index (χ1n) is 7.22. The van der Waals surface area contributed by atoms with Crippen molar-refractivity contribution >= 4 is 21.4 Å². The van der Waals surface area contributed by atoms with E-state index in [0.717, 1.165) is 18.7 Å². The molecule has 2 heterocycles. The lowest BCUT2D eigenvalue weighted by Crippen LogP contribution is -2.34. The molecule has 116 valence electrons. The molecule has 0 radical (unpaired) electrons. The van der Waals surface area contributed by atoms with Crippen molar-refractivity contribution in [1.82, 2.24) is 10.3 Å². The first-order valence-corrected chi connectivity index (χ1v) is 8.94. The van der Waals surface area contributed by atoms with E-state index in [1.807, 2.05) is 0 Å². The van der Waals surface area contributed by atoms with Crippen LogP contribution in [-0.2, 0) is 9.84 Å². The second-order valence-electron chi connectivity index (χ2n) is 5.20. The van der Waals surface area contributed by atoms with Crippen LogP contribution in [0.25, 0.3) is 0 Å². The Morgan fingerprint density at radius 1 is 1.43 bits per heavy atom. The molecule has 1 aromatic rings. The van der Waals surface area contributed by atoms with Crippen molar-refractivity contribution in [3.05, 3.63) is 24.0 Å². The maximum absolute atomic E-state index is 11.9. The van der Waals surface area contributed by atoms with Gasteiger partial charge >= 0.3 is 0 Å². The summed E-state index contributed by atoms with van der Waals surface area (Å²) in [5.41, 5.74) is 1.17. The van der Waals surface area contributed by atoms with Gasteiger partial charge in [-0.2, -0.15) is 0 Å². The number of rotatable bonds is 6. The SMILES string of the molecule is CCCNc1ccc(C(=O)NCC2CCCS2(=O)=O)nc1. The Morgan fingerprint density at radius 3 is 2.81 bits per heavy atom. The normalized spacial score (nSPS) is 20.1. The smallest absolute Gasteiger partial charge is 0.269 e. The third-order valence-electron chi connectivity index (χ3n) is 3.53. The van der Waals surface area contributed by atoms with Crippen LogP contribution in [0.3, 0.4) is 0 Å². The Bertz CT molecular complexity index is 584. The molecule has 0 aromatic carbocycles. The molecule has 0 bridgehead atoms. The van der Waals surface area contributed by atoms with Gasteiger partial charge < -0.3 is 10.6 Å². The molecule has 1 aliphatic rings. The van der Waals surface area contributed by atoms with Crippen LogP contribution in [0.2, 0.25) is 0 Å². The van der Waals surface area contributed by atoms with Gasteiger partial charge in [0.15, 0.2) is 9.84 Å². The van der Waals surface area contributed by atoms with Gasteiger partial charge in [-0.25, -0.2) is 13.4 Å². The van der Waals surface area contributed by atoms with E-state index in [1.165, 1.54) is 0 Å². The summed E-state index contributed by atoms with van der Waals surface area (Å²) in [5.74, 6) is -0.108. The van der Waals surface area contributed by atoms with Crippen molar-refractivity contribution in [2.45, 2.75) is 31.4 Å². The van der Waals surface area contributed by atoms with Crippen LogP contribution in [0.4, 0.5) is 5.69 Å². The quantitative estimate of drug-likeness (QED) is 0.824. The van der Waals surface area contributed by atoms with Crippen LogP contribution in [0.5, 0.6) is 0 Å². The van der Waals surface area contributed by atoms with Crippen molar-refractivity contribution < 1.29 is 13.2 Å². The van der Waals surface area contributed by atoms with Crippen molar-refractivity contribution in [3.63, 3.8) is 0 Å². The Labute approximate surface area is 125 Å². The number of nitrogens with zero attached hydrogens (tertiary/aromatic N) is 1. The molecule has 1 fully saturated rings. The topological polar surface area (TPSA) is 88.2 Å². The standard InChI is InChI=1S/C14H21N3O3S/c1-2-7-15-11-5-6-13(16-9-11)14(18)17-10-12-4-3-8-21(12,19)20/h5-6,9,12,15H,2-4,7-8,10H2,1H3,(H,17,18). The molecule has 21 heavy (non-hydrogen) atoms. The number of anilines is 1. The summed E-state index contributed by atoms with van der Waals surface area (Å²) >= 11 is 0. The van der Waals surface area contributed by atoms with E-state index in [4.69, 9.17) is 0 Å². The van der Waals surface area contributed by atoms with Gasteiger partial charge in [0.05, 0.1) is 22.9 Å². The fraction of sp³-hybridized carbons (Fsp3) is 0.571. The lowest BCUT2D eigenvalue weighted by atomic mass is 10.2. The number of nitrogens with one attached hydrogen (secondary N) is 2. The Hall–Kier alpha value is -1.63. The average Bonchev–Trinajstić information content (AvgIpc) is 2.82. The third-order valence-corrected chi connectivity index (χ3v) is 5.80. The highest BCUT2D eigenvalue weighted by molar-refractivity contribution is 7.92. The maximum atomic E-state index is 11.9. The summed E-state index contributed by atoms with van der Waals surface area (Å²) in [5, 5.41) is 5.38. The van der Waals surface area contributed by atoms with Gasteiger partial charge in [-0.15, -0.1) is 0 Å². The first-order chi connectivity index (χ1) is 10.0. The second kappa shape index (κ2) is 6.89. The number of sulfone groups is 1. The van der Waals surface area contributed by atoms with Crippen molar-refractivity contribution in [1.29, 1.82) is 0 Å². The summed E-state index contributed by atoms with van der Waals surface area (Å²) in [7, 11) is -3.03. The zero-order valence-electron chi connectivity index (χ0n) is 12.1. The lowest BCUT2D eigenvalue weighted by Gasteiger charge is -2.11. The van der Waals surface area contributed by atoms with E-state index >= 15 is 0 Å². The molecule has 0 aliphatic carbocycles. The van der Waals surface area contributed by atoms with E-state index in [9.17, 15) is 13.2 Å². The zero-order chi connectivity index (χ0) is 15.3. The molecule has 1 unspecified atom stereocenters.